The molecule has 0 saturated heterocycles. The van der Waals surface area contributed by atoms with Gasteiger partial charge in [-0.3, -0.25) is 14.1 Å². The Morgan fingerprint density at radius 3 is 2.55 bits per heavy atom. The first-order valence-electron chi connectivity index (χ1n) is 9.90. The summed E-state index contributed by atoms with van der Waals surface area (Å²) in [5.74, 6) is 0.146. The maximum absolute atomic E-state index is 13.5. The van der Waals surface area contributed by atoms with Crippen molar-refractivity contribution in [3.05, 3.63) is 81.9 Å². The Balaban J connectivity index is 1.89. The molecule has 4 rings (SSSR count). The Morgan fingerprint density at radius 1 is 1.12 bits per heavy atom. The predicted molar refractivity (Wildman–Crippen MR) is 132 cm³/mol. The first-order chi connectivity index (χ1) is 15.6. The number of aromatic nitrogens is 3. The minimum Gasteiger partial charge on any atom is -0.368 e. The molecule has 0 unspecified atom stereocenters. The van der Waals surface area contributed by atoms with Crippen LogP contribution in [0.5, 0.6) is 0 Å². The molecule has 2 heterocycles. The van der Waals surface area contributed by atoms with E-state index in [0.717, 1.165) is 6.26 Å². The zero-order valence-corrected chi connectivity index (χ0v) is 19.4. The van der Waals surface area contributed by atoms with Crippen LogP contribution in [0.2, 0.25) is 5.02 Å². The van der Waals surface area contributed by atoms with Gasteiger partial charge in [-0.05, 0) is 36.6 Å². The van der Waals surface area contributed by atoms with Crippen LogP contribution in [0.25, 0.3) is 16.5 Å². The molecule has 11 heteroatoms. The largest absolute Gasteiger partial charge is 0.368 e. The summed E-state index contributed by atoms with van der Waals surface area (Å²) in [6.07, 6.45) is 2.31. The fourth-order valence-corrected chi connectivity index (χ4v) is 4.37. The van der Waals surface area contributed by atoms with Crippen molar-refractivity contribution < 1.29 is 8.42 Å². The van der Waals surface area contributed by atoms with Crippen LogP contribution < -0.4 is 21.3 Å². The summed E-state index contributed by atoms with van der Waals surface area (Å²) in [6.45, 7) is 1.83. The SMILES string of the molecule is C[C@H](Nc1nc(N)ncc1NS(C)(=O)=O)c1cc2cccc(Cl)c2c(=O)n1-c1ccccc1. The Kier molecular flexibility index (Phi) is 5.96. The van der Waals surface area contributed by atoms with Crippen LogP contribution in [0.1, 0.15) is 18.7 Å². The van der Waals surface area contributed by atoms with Crippen LogP contribution >= 0.6 is 11.6 Å². The minimum atomic E-state index is -3.59. The zero-order valence-electron chi connectivity index (χ0n) is 17.8. The van der Waals surface area contributed by atoms with Crippen molar-refractivity contribution in [1.29, 1.82) is 0 Å². The average Bonchev–Trinajstić information content (AvgIpc) is 2.75. The summed E-state index contributed by atoms with van der Waals surface area (Å²) in [7, 11) is -3.59. The predicted octanol–water partition coefficient (Wildman–Crippen LogP) is 3.56. The molecule has 0 saturated carbocycles. The Hall–Kier alpha value is -3.63. The van der Waals surface area contributed by atoms with Crippen LogP contribution in [-0.4, -0.2) is 29.2 Å². The number of nitrogen functional groups attached to an aromatic ring is 1. The second-order valence-electron chi connectivity index (χ2n) is 7.48. The van der Waals surface area contributed by atoms with Crippen molar-refractivity contribution >= 4 is 49.9 Å². The highest BCUT2D eigenvalue weighted by Gasteiger charge is 2.20. The molecule has 170 valence electrons. The summed E-state index contributed by atoms with van der Waals surface area (Å²) in [5, 5.41) is 4.60. The lowest BCUT2D eigenvalue weighted by Gasteiger charge is -2.22. The molecule has 0 aliphatic rings. The van der Waals surface area contributed by atoms with Gasteiger partial charge in [-0.15, -0.1) is 0 Å². The van der Waals surface area contributed by atoms with Crippen LogP contribution in [0.4, 0.5) is 17.5 Å². The first kappa shape index (κ1) is 22.6. The van der Waals surface area contributed by atoms with Crippen LogP contribution in [0.3, 0.4) is 0 Å². The highest BCUT2D eigenvalue weighted by atomic mass is 35.5. The van der Waals surface area contributed by atoms with E-state index in [1.54, 1.807) is 16.7 Å². The lowest BCUT2D eigenvalue weighted by Crippen LogP contribution is -2.26. The van der Waals surface area contributed by atoms with Gasteiger partial charge in [0, 0.05) is 11.4 Å². The summed E-state index contributed by atoms with van der Waals surface area (Å²) < 4.78 is 27.5. The molecular weight excluding hydrogens is 464 g/mol. The van der Waals surface area contributed by atoms with Crippen molar-refractivity contribution in [3.63, 3.8) is 0 Å². The molecule has 0 bridgehead atoms. The van der Waals surface area contributed by atoms with Crippen LogP contribution in [-0.2, 0) is 10.0 Å². The van der Waals surface area contributed by atoms with Gasteiger partial charge in [0.05, 0.1) is 28.9 Å². The molecule has 1 atom stereocenters. The van der Waals surface area contributed by atoms with Gasteiger partial charge in [0.15, 0.2) is 5.82 Å². The normalized spacial score (nSPS) is 12.5. The van der Waals surface area contributed by atoms with Crippen molar-refractivity contribution in [2.24, 2.45) is 0 Å². The first-order valence-corrected chi connectivity index (χ1v) is 12.2. The lowest BCUT2D eigenvalue weighted by atomic mass is 10.1. The van der Waals surface area contributed by atoms with E-state index in [1.165, 1.54) is 6.20 Å². The maximum atomic E-state index is 13.5. The Morgan fingerprint density at radius 2 is 1.85 bits per heavy atom. The average molecular weight is 485 g/mol. The molecule has 4 aromatic rings. The van der Waals surface area contributed by atoms with Crippen LogP contribution in [0.15, 0.2) is 65.6 Å². The molecule has 0 aliphatic heterocycles. The molecule has 9 nitrogen and oxygen atoms in total. The van der Waals surface area contributed by atoms with Gasteiger partial charge in [0.1, 0.15) is 5.69 Å². The molecule has 2 aromatic heterocycles. The number of rotatable bonds is 6. The number of nitrogens with two attached hydrogens (primary N) is 1. The number of benzene rings is 2. The molecule has 0 radical (unpaired) electrons. The van der Waals surface area contributed by atoms with Gasteiger partial charge >= 0.3 is 0 Å². The monoisotopic (exact) mass is 484 g/mol. The number of pyridine rings is 1. The molecule has 0 fully saturated rings. The van der Waals surface area contributed by atoms with E-state index in [4.69, 9.17) is 17.3 Å². The number of nitrogens with one attached hydrogen (secondary N) is 2. The fraction of sp³-hybridized carbons (Fsp3) is 0.136. The summed E-state index contributed by atoms with van der Waals surface area (Å²) in [6, 6.07) is 15.8. The van der Waals surface area contributed by atoms with E-state index in [2.05, 4.69) is 20.0 Å². The van der Waals surface area contributed by atoms with E-state index in [1.807, 2.05) is 49.4 Å². The molecular formula is C22H21ClN6O3S. The Labute approximate surface area is 195 Å². The molecule has 33 heavy (non-hydrogen) atoms. The highest BCUT2D eigenvalue weighted by molar-refractivity contribution is 7.92. The number of para-hydroxylation sites is 1. The third-order valence-corrected chi connectivity index (χ3v) is 5.84. The van der Waals surface area contributed by atoms with Gasteiger partial charge in [0.2, 0.25) is 16.0 Å². The molecule has 0 amide bonds. The van der Waals surface area contributed by atoms with E-state index in [0.29, 0.717) is 27.2 Å². The molecule has 4 N–H and O–H groups in total. The van der Waals surface area contributed by atoms with E-state index >= 15 is 0 Å². The zero-order chi connectivity index (χ0) is 23.8. The number of fused-ring (bicyclic) bond motifs is 1. The maximum Gasteiger partial charge on any atom is 0.264 e. The van der Waals surface area contributed by atoms with Gasteiger partial charge in [-0.1, -0.05) is 41.9 Å². The van der Waals surface area contributed by atoms with Gasteiger partial charge in [-0.25, -0.2) is 13.4 Å². The van der Waals surface area contributed by atoms with E-state index in [-0.39, 0.29) is 23.0 Å². The second-order valence-corrected chi connectivity index (χ2v) is 9.64. The fourth-order valence-electron chi connectivity index (χ4n) is 3.56. The third kappa shape index (κ3) is 4.76. The van der Waals surface area contributed by atoms with Gasteiger partial charge in [-0.2, -0.15) is 4.98 Å². The second kappa shape index (κ2) is 8.72. The number of nitrogens with zero attached hydrogens (tertiary/aromatic N) is 3. The molecule has 0 aliphatic carbocycles. The quantitative estimate of drug-likeness (QED) is 0.381. The Bertz CT molecular complexity index is 1510. The number of sulfonamides is 1. The lowest BCUT2D eigenvalue weighted by molar-refractivity contribution is 0.606. The van der Waals surface area contributed by atoms with E-state index in [9.17, 15) is 13.2 Å². The van der Waals surface area contributed by atoms with Crippen molar-refractivity contribution in [2.45, 2.75) is 13.0 Å². The summed E-state index contributed by atoms with van der Waals surface area (Å²) in [5.41, 5.74) is 6.87. The number of hydrogen-bond donors (Lipinski definition) is 3. The third-order valence-electron chi connectivity index (χ3n) is 4.94. The van der Waals surface area contributed by atoms with Crippen LogP contribution in [0, 0.1) is 0 Å². The number of anilines is 3. The van der Waals surface area contributed by atoms with E-state index < -0.39 is 16.1 Å². The number of hydrogen-bond acceptors (Lipinski definition) is 7. The number of halogens is 1. The topological polar surface area (TPSA) is 132 Å². The summed E-state index contributed by atoms with van der Waals surface area (Å²) >= 11 is 6.36. The van der Waals surface area contributed by atoms with Crippen molar-refractivity contribution in [3.8, 4) is 5.69 Å². The summed E-state index contributed by atoms with van der Waals surface area (Å²) in [4.78, 5) is 21.6. The highest BCUT2D eigenvalue weighted by Crippen LogP contribution is 2.29. The van der Waals surface area contributed by atoms with Crippen molar-refractivity contribution in [1.82, 2.24) is 14.5 Å². The molecule has 2 aromatic carbocycles. The smallest absolute Gasteiger partial charge is 0.264 e. The van der Waals surface area contributed by atoms with Crippen molar-refractivity contribution in [2.75, 3.05) is 22.0 Å². The minimum absolute atomic E-state index is 0.0329. The van der Waals surface area contributed by atoms with Gasteiger partial charge in [0.25, 0.3) is 5.56 Å². The van der Waals surface area contributed by atoms with Gasteiger partial charge < -0.3 is 11.1 Å². The standard InChI is InChI=1S/C22H21ClN6O3S/c1-13(26-20-17(28-33(2,31)32)12-25-22(24)27-20)18-11-14-7-6-10-16(23)19(14)21(30)29(18)15-8-4-3-5-9-15/h3-13,28H,1-2H3,(H3,24,25,26,27)/t13-/m0/s1. The molecule has 0 spiro atoms.